The number of hydrogen-bond donors (Lipinski definition) is 0. The number of esters is 2. The minimum absolute atomic E-state index is 0.00191. The van der Waals surface area contributed by atoms with Crippen LogP contribution in [0.15, 0.2) is 12.2 Å². The van der Waals surface area contributed by atoms with E-state index in [1.807, 2.05) is 27.7 Å². The molecule has 24 heavy (non-hydrogen) atoms. The van der Waals surface area contributed by atoms with Crippen molar-refractivity contribution in [3.8, 4) is 0 Å². The first kappa shape index (κ1) is 22.6. The van der Waals surface area contributed by atoms with E-state index < -0.39 is 23.5 Å². The van der Waals surface area contributed by atoms with Gasteiger partial charge in [-0.2, -0.15) is 0 Å². The molecule has 0 fully saturated rings. The molecule has 0 aromatic rings. The summed E-state index contributed by atoms with van der Waals surface area (Å²) in [5.74, 6) is -1.28. The van der Waals surface area contributed by atoms with Gasteiger partial charge in [-0.25, -0.2) is 0 Å². The molecule has 0 unspecified atom stereocenters. The average molecular weight is 342 g/mol. The van der Waals surface area contributed by atoms with Crippen molar-refractivity contribution in [2.24, 2.45) is 11.8 Å². The van der Waals surface area contributed by atoms with Gasteiger partial charge >= 0.3 is 11.9 Å². The molecule has 0 aliphatic carbocycles. The molecule has 0 radical (unpaired) electrons. The molecule has 0 saturated carbocycles. The summed E-state index contributed by atoms with van der Waals surface area (Å²) in [5.41, 5.74) is 0.348. The van der Waals surface area contributed by atoms with Crippen LogP contribution in [0.25, 0.3) is 0 Å². The smallest absolute Gasteiger partial charge is 0.309 e. The van der Waals surface area contributed by atoms with Gasteiger partial charge in [0.25, 0.3) is 0 Å². The first-order valence-corrected chi connectivity index (χ1v) is 8.51. The van der Waals surface area contributed by atoms with E-state index in [1.165, 1.54) is 0 Å². The van der Waals surface area contributed by atoms with Gasteiger partial charge in [0.15, 0.2) is 0 Å². The highest BCUT2D eigenvalue weighted by atomic mass is 16.6. The Morgan fingerprint density at radius 3 is 2.04 bits per heavy atom. The molecule has 0 aliphatic rings. The maximum absolute atomic E-state index is 12.3. The van der Waals surface area contributed by atoms with Gasteiger partial charge in [0.2, 0.25) is 0 Å². The zero-order valence-electron chi connectivity index (χ0n) is 16.5. The molecule has 0 aliphatic heterocycles. The van der Waals surface area contributed by atoms with Crippen LogP contribution in [0, 0.1) is 11.8 Å². The van der Waals surface area contributed by atoms with Gasteiger partial charge in [-0.05, 0) is 40.5 Å². The summed E-state index contributed by atoms with van der Waals surface area (Å²) in [7, 11) is 0. The van der Waals surface area contributed by atoms with Crippen molar-refractivity contribution < 1.29 is 23.8 Å². The second kappa shape index (κ2) is 9.82. The third-order valence-electron chi connectivity index (χ3n) is 3.26. The topological polar surface area (TPSA) is 61.8 Å². The monoisotopic (exact) mass is 342 g/mol. The SMILES string of the molecule is C=C(C)CO[C@@H](C)[C@H](OC(=O)[C@H](C)CC(=O)OC(C)(C)C)C(C)C. The maximum Gasteiger partial charge on any atom is 0.309 e. The lowest BCUT2D eigenvalue weighted by molar-refractivity contribution is -0.169. The summed E-state index contributed by atoms with van der Waals surface area (Å²) >= 11 is 0. The van der Waals surface area contributed by atoms with Crippen molar-refractivity contribution >= 4 is 11.9 Å². The van der Waals surface area contributed by atoms with E-state index in [0.717, 1.165) is 5.57 Å². The fourth-order valence-electron chi connectivity index (χ4n) is 2.11. The molecule has 5 heteroatoms. The molecule has 0 spiro atoms. The van der Waals surface area contributed by atoms with Gasteiger partial charge in [-0.3, -0.25) is 9.59 Å². The van der Waals surface area contributed by atoms with E-state index in [4.69, 9.17) is 14.2 Å². The molecular weight excluding hydrogens is 308 g/mol. The first-order chi connectivity index (χ1) is 10.8. The van der Waals surface area contributed by atoms with Crippen LogP contribution < -0.4 is 0 Å². The lowest BCUT2D eigenvalue weighted by Gasteiger charge is -2.28. The number of carbonyl (C=O) groups is 2. The van der Waals surface area contributed by atoms with Crippen LogP contribution in [0.5, 0.6) is 0 Å². The van der Waals surface area contributed by atoms with Gasteiger partial charge in [0.05, 0.1) is 25.0 Å². The number of rotatable bonds is 9. The number of hydrogen-bond acceptors (Lipinski definition) is 5. The van der Waals surface area contributed by atoms with Crippen LogP contribution in [0.1, 0.15) is 61.8 Å². The van der Waals surface area contributed by atoms with Crippen LogP contribution in [0.2, 0.25) is 0 Å². The molecular formula is C19H34O5. The standard InChI is InChI=1S/C19H34O5/c1-12(2)11-22-15(6)17(13(3)4)23-18(21)14(5)10-16(20)24-19(7,8)9/h13-15,17H,1,10-11H2,2-9H3/t14-,15+,17-/m1/s1. The Labute approximate surface area is 146 Å². The van der Waals surface area contributed by atoms with E-state index in [0.29, 0.717) is 6.61 Å². The molecule has 0 saturated heterocycles. The lowest BCUT2D eigenvalue weighted by atomic mass is 10.0. The highest BCUT2D eigenvalue weighted by Gasteiger charge is 2.29. The molecule has 0 N–H and O–H groups in total. The summed E-state index contributed by atoms with van der Waals surface area (Å²) in [6.45, 7) is 19.0. The average Bonchev–Trinajstić information content (AvgIpc) is 2.38. The van der Waals surface area contributed by atoms with Gasteiger partial charge < -0.3 is 14.2 Å². The molecule has 0 aromatic heterocycles. The van der Waals surface area contributed by atoms with E-state index >= 15 is 0 Å². The minimum Gasteiger partial charge on any atom is -0.460 e. The van der Waals surface area contributed by atoms with E-state index in [-0.39, 0.29) is 24.5 Å². The molecule has 0 aromatic carbocycles. The summed E-state index contributed by atoms with van der Waals surface area (Å²) in [6, 6.07) is 0. The van der Waals surface area contributed by atoms with Gasteiger partial charge in [-0.1, -0.05) is 32.9 Å². The van der Waals surface area contributed by atoms with Crippen molar-refractivity contribution in [3.63, 3.8) is 0 Å². The fourth-order valence-corrected chi connectivity index (χ4v) is 2.11. The Morgan fingerprint density at radius 2 is 1.62 bits per heavy atom. The molecule has 0 bridgehead atoms. The molecule has 3 atom stereocenters. The largest absolute Gasteiger partial charge is 0.460 e. The highest BCUT2D eigenvalue weighted by molar-refractivity contribution is 5.79. The zero-order chi connectivity index (χ0) is 19.1. The Balaban J connectivity index is 4.65. The zero-order valence-corrected chi connectivity index (χ0v) is 16.5. The van der Waals surface area contributed by atoms with Crippen LogP contribution in [0.4, 0.5) is 0 Å². The van der Waals surface area contributed by atoms with Crippen molar-refractivity contribution in [2.75, 3.05) is 6.61 Å². The first-order valence-electron chi connectivity index (χ1n) is 8.51. The number of carbonyl (C=O) groups excluding carboxylic acids is 2. The lowest BCUT2D eigenvalue weighted by Crippen LogP contribution is -2.38. The van der Waals surface area contributed by atoms with Gasteiger partial charge in [0.1, 0.15) is 11.7 Å². The third-order valence-corrected chi connectivity index (χ3v) is 3.26. The summed E-state index contributed by atoms with van der Waals surface area (Å²) in [4.78, 5) is 24.1. The Kier molecular flexibility index (Phi) is 9.26. The van der Waals surface area contributed by atoms with Crippen molar-refractivity contribution in [3.05, 3.63) is 12.2 Å². The second-order valence-corrected chi connectivity index (χ2v) is 7.81. The summed E-state index contributed by atoms with van der Waals surface area (Å²) < 4.78 is 16.5. The highest BCUT2D eigenvalue weighted by Crippen LogP contribution is 2.19. The fraction of sp³-hybridized carbons (Fsp3) is 0.789. The quantitative estimate of drug-likeness (QED) is 0.470. The molecule has 140 valence electrons. The Hall–Kier alpha value is -1.36. The van der Waals surface area contributed by atoms with Gasteiger partial charge in [0, 0.05) is 0 Å². The normalized spacial score (nSPS) is 15.5. The molecule has 5 nitrogen and oxygen atoms in total. The minimum atomic E-state index is -0.563. The predicted molar refractivity (Wildman–Crippen MR) is 94.6 cm³/mol. The van der Waals surface area contributed by atoms with E-state index in [9.17, 15) is 9.59 Å². The molecule has 0 heterocycles. The molecule has 0 amide bonds. The summed E-state index contributed by atoms with van der Waals surface area (Å²) in [6.07, 6.45) is -0.626. The predicted octanol–water partition coefficient (Wildman–Crippen LogP) is 3.90. The Morgan fingerprint density at radius 1 is 1.08 bits per heavy atom. The second-order valence-electron chi connectivity index (χ2n) is 7.81. The third kappa shape index (κ3) is 9.71. The Bertz CT molecular complexity index is 434. The van der Waals surface area contributed by atoms with E-state index in [2.05, 4.69) is 6.58 Å². The van der Waals surface area contributed by atoms with Crippen molar-refractivity contribution in [1.82, 2.24) is 0 Å². The van der Waals surface area contributed by atoms with Crippen LogP contribution in [-0.4, -0.2) is 36.4 Å². The van der Waals surface area contributed by atoms with Crippen LogP contribution >= 0.6 is 0 Å². The van der Waals surface area contributed by atoms with Crippen molar-refractivity contribution in [2.45, 2.75) is 79.6 Å². The van der Waals surface area contributed by atoms with E-state index in [1.54, 1.807) is 27.7 Å². The number of ether oxygens (including phenoxy) is 3. The summed E-state index contributed by atoms with van der Waals surface area (Å²) in [5, 5.41) is 0. The molecule has 0 rings (SSSR count). The maximum atomic E-state index is 12.3. The van der Waals surface area contributed by atoms with Crippen molar-refractivity contribution in [1.29, 1.82) is 0 Å². The van der Waals surface area contributed by atoms with Gasteiger partial charge in [-0.15, -0.1) is 0 Å². The van der Waals surface area contributed by atoms with Crippen LogP contribution in [0.3, 0.4) is 0 Å². The van der Waals surface area contributed by atoms with Crippen LogP contribution in [-0.2, 0) is 23.8 Å².